The maximum absolute atomic E-state index is 11.9. The van der Waals surface area contributed by atoms with Crippen LogP contribution in [0.3, 0.4) is 0 Å². The largest absolute Gasteiger partial charge is 0.465 e. The smallest absolute Gasteiger partial charge is 0.407 e. The van der Waals surface area contributed by atoms with Gasteiger partial charge in [-0.3, -0.25) is 4.79 Å². The lowest BCUT2D eigenvalue weighted by molar-refractivity contribution is 0.0521. The van der Waals surface area contributed by atoms with E-state index in [1.807, 2.05) is 0 Å². The Bertz CT molecular complexity index is 836. The van der Waals surface area contributed by atoms with Crippen molar-refractivity contribution in [2.24, 2.45) is 0 Å². The lowest BCUT2D eigenvalue weighted by Crippen LogP contribution is -2.32. The number of fused-ring (bicyclic) bond motifs is 1. The number of hydrogen-bond donors (Lipinski definition) is 2. The Labute approximate surface area is 138 Å². The SMILES string of the molecule is COC(=O)c1ccc2c(=O)[nH]nc(CNC(=O)OC(C)(C)C)c2c1. The highest BCUT2D eigenvalue weighted by Crippen LogP contribution is 2.16. The molecule has 0 saturated heterocycles. The predicted octanol–water partition coefficient (Wildman–Crippen LogP) is 1.73. The highest BCUT2D eigenvalue weighted by atomic mass is 16.6. The molecule has 2 aromatic rings. The average Bonchev–Trinajstić information content (AvgIpc) is 2.51. The van der Waals surface area contributed by atoms with Crippen LogP contribution in [0.25, 0.3) is 10.8 Å². The fraction of sp³-hybridized carbons (Fsp3) is 0.375. The standard InChI is InChI=1S/C16H19N3O5/c1-16(2,3)24-15(22)17-8-12-11-7-9(14(21)23-4)5-6-10(11)13(20)19-18-12/h5-7H,8H2,1-4H3,(H,17,22)(H,19,20). The van der Waals surface area contributed by atoms with Crippen molar-refractivity contribution in [3.05, 3.63) is 39.8 Å². The third-order valence-corrected chi connectivity index (χ3v) is 3.09. The van der Waals surface area contributed by atoms with Gasteiger partial charge >= 0.3 is 12.1 Å². The number of nitrogens with zero attached hydrogens (tertiary/aromatic N) is 1. The molecule has 1 aromatic heterocycles. The molecule has 24 heavy (non-hydrogen) atoms. The van der Waals surface area contributed by atoms with Crippen LogP contribution in [0.2, 0.25) is 0 Å². The first kappa shape index (κ1) is 17.5. The fourth-order valence-corrected chi connectivity index (χ4v) is 2.07. The second kappa shape index (κ2) is 6.69. The average molecular weight is 333 g/mol. The molecule has 1 aromatic carbocycles. The second-order valence-corrected chi connectivity index (χ2v) is 6.11. The normalized spacial score (nSPS) is 11.2. The van der Waals surface area contributed by atoms with E-state index in [0.717, 1.165) is 0 Å². The zero-order chi connectivity index (χ0) is 17.9. The van der Waals surface area contributed by atoms with Gasteiger partial charge in [0.15, 0.2) is 0 Å². The van der Waals surface area contributed by atoms with E-state index < -0.39 is 17.7 Å². The Balaban J connectivity index is 2.32. The van der Waals surface area contributed by atoms with Crippen LogP contribution in [-0.4, -0.2) is 35.0 Å². The van der Waals surface area contributed by atoms with Crippen LogP contribution >= 0.6 is 0 Å². The number of carbonyl (C=O) groups excluding carboxylic acids is 2. The number of H-pyrrole nitrogens is 1. The summed E-state index contributed by atoms with van der Waals surface area (Å²) < 4.78 is 9.82. The van der Waals surface area contributed by atoms with Crippen LogP contribution in [0.15, 0.2) is 23.0 Å². The minimum absolute atomic E-state index is 0.0345. The number of aromatic nitrogens is 2. The summed E-state index contributed by atoms with van der Waals surface area (Å²) >= 11 is 0. The van der Waals surface area contributed by atoms with Gasteiger partial charge in [-0.2, -0.15) is 5.10 Å². The van der Waals surface area contributed by atoms with Gasteiger partial charge < -0.3 is 14.8 Å². The molecule has 8 nitrogen and oxygen atoms in total. The van der Waals surface area contributed by atoms with E-state index in [9.17, 15) is 14.4 Å². The molecule has 0 saturated carbocycles. The third kappa shape index (κ3) is 4.09. The Morgan fingerprint density at radius 3 is 2.58 bits per heavy atom. The summed E-state index contributed by atoms with van der Waals surface area (Å²) in [6.45, 7) is 5.29. The maximum atomic E-state index is 11.9. The van der Waals surface area contributed by atoms with Gasteiger partial charge in [-0.15, -0.1) is 0 Å². The molecule has 0 spiro atoms. The van der Waals surface area contributed by atoms with Gasteiger partial charge in [0.2, 0.25) is 0 Å². The predicted molar refractivity (Wildman–Crippen MR) is 86.8 cm³/mol. The summed E-state index contributed by atoms with van der Waals surface area (Å²) in [5.74, 6) is -0.525. The van der Waals surface area contributed by atoms with E-state index in [1.54, 1.807) is 20.8 Å². The minimum Gasteiger partial charge on any atom is -0.465 e. The first-order chi connectivity index (χ1) is 11.2. The van der Waals surface area contributed by atoms with Crippen molar-refractivity contribution in [3.8, 4) is 0 Å². The first-order valence-electron chi connectivity index (χ1n) is 7.28. The van der Waals surface area contributed by atoms with Crippen LogP contribution < -0.4 is 10.9 Å². The van der Waals surface area contributed by atoms with Crippen molar-refractivity contribution in [2.75, 3.05) is 7.11 Å². The quantitative estimate of drug-likeness (QED) is 0.828. The molecule has 0 aliphatic carbocycles. The minimum atomic E-state index is -0.622. The molecular formula is C16H19N3O5. The van der Waals surface area contributed by atoms with Gasteiger partial charge in [0.05, 0.1) is 30.3 Å². The summed E-state index contributed by atoms with van der Waals surface area (Å²) in [5, 5.41) is 9.69. The number of methoxy groups -OCH3 is 1. The molecule has 8 heteroatoms. The van der Waals surface area contributed by atoms with Gasteiger partial charge in [0.1, 0.15) is 5.60 Å². The van der Waals surface area contributed by atoms with Gasteiger partial charge in [-0.05, 0) is 39.0 Å². The molecule has 0 fully saturated rings. The number of rotatable bonds is 3. The Hall–Kier alpha value is -2.90. The van der Waals surface area contributed by atoms with Crippen LogP contribution in [0.4, 0.5) is 4.79 Å². The van der Waals surface area contributed by atoms with Crippen molar-refractivity contribution >= 4 is 22.8 Å². The van der Waals surface area contributed by atoms with Crippen molar-refractivity contribution in [3.63, 3.8) is 0 Å². The molecule has 1 amide bonds. The number of benzene rings is 1. The number of esters is 1. The molecule has 0 bridgehead atoms. The van der Waals surface area contributed by atoms with Crippen LogP contribution in [0.5, 0.6) is 0 Å². The van der Waals surface area contributed by atoms with Gasteiger partial charge in [-0.1, -0.05) is 0 Å². The molecule has 128 valence electrons. The zero-order valence-electron chi connectivity index (χ0n) is 13.9. The van der Waals surface area contributed by atoms with E-state index >= 15 is 0 Å². The number of aromatic amines is 1. The van der Waals surface area contributed by atoms with E-state index in [2.05, 4.69) is 20.3 Å². The number of ether oxygens (including phenoxy) is 2. The fourth-order valence-electron chi connectivity index (χ4n) is 2.07. The molecule has 0 unspecified atom stereocenters. The lowest BCUT2D eigenvalue weighted by Gasteiger charge is -2.19. The second-order valence-electron chi connectivity index (χ2n) is 6.11. The summed E-state index contributed by atoms with van der Waals surface area (Å²) in [4.78, 5) is 35.3. The van der Waals surface area contributed by atoms with Crippen molar-refractivity contribution in [1.29, 1.82) is 0 Å². The first-order valence-corrected chi connectivity index (χ1v) is 7.28. The molecule has 2 rings (SSSR count). The van der Waals surface area contributed by atoms with E-state index in [1.165, 1.54) is 25.3 Å². The van der Waals surface area contributed by atoms with E-state index in [0.29, 0.717) is 16.5 Å². The summed E-state index contributed by atoms with van der Waals surface area (Å²) in [7, 11) is 1.27. The zero-order valence-corrected chi connectivity index (χ0v) is 13.9. The van der Waals surface area contributed by atoms with Crippen molar-refractivity contribution in [2.45, 2.75) is 32.9 Å². The number of amides is 1. The number of nitrogens with one attached hydrogen (secondary N) is 2. The lowest BCUT2D eigenvalue weighted by atomic mass is 10.1. The number of hydrogen-bond acceptors (Lipinski definition) is 6. The molecule has 0 radical (unpaired) electrons. The topological polar surface area (TPSA) is 110 Å². The number of alkyl carbamates (subject to hydrolysis) is 1. The summed E-state index contributed by atoms with van der Waals surface area (Å²) in [5.41, 5.74) is -0.317. The van der Waals surface area contributed by atoms with Crippen LogP contribution in [0, 0.1) is 0 Å². The van der Waals surface area contributed by atoms with Crippen molar-refractivity contribution in [1.82, 2.24) is 15.5 Å². The maximum Gasteiger partial charge on any atom is 0.407 e. The Morgan fingerprint density at radius 1 is 1.25 bits per heavy atom. The molecule has 0 atom stereocenters. The molecular weight excluding hydrogens is 314 g/mol. The summed E-state index contributed by atoms with van der Waals surface area (Å²) in [6.07, 6.45) is -0.604. The van der Waals surface area contributed by atoms with Crippen LogP contribution in [0.1, 0.15) is 36.8 Å². The Kier molecular flexibility index (Phi) is 4.87. The Morgan fingerprint density at radius 2 is 1.96 bits per heavy atom. The van der Waals surface area contributed by atoms with Crippen molar-refractivity contribution < 1.29 is 19.1 Å². The van der Waals surface area contributed by atoms with Gasteiger partial charge in [-0.25, -0.2) is 14.7 Å². The van der Waals surface area contributed by atoms with Crippen LogP contribution in [-0.2, 0) is 16.0 Å². The highest BCUT2D eigenvalue weighted by molar-refractivity contribution is 5.95. The summed E-state index contributed by atoms with van der Waals surface area (Å²) in [6, 6.07) is 4.52. The highest BCUT2D eigenvalue weighted by Gasteiger charge is 2.17. The molecule has 0 aliphatic heterocycles. The van der Waals surface area contributed by atoms with E-state index in [4.69, 9.17) is 4.74 Å². The third-order valence-electron chi connectivity index (χ3n) is 3.09. The van der Waals surface area contributed by atoms with E-state index in [-0.39, 0.29) is 17.7 Å². The van der Waals surface area contributed by atoms with Gasteiger partial charge in [0.25, 0.3) is 5.56 Å². The molecule has 2 N–H and O–H groups in total. The molecule has 1 heterocycles. The molecule has 0 aliphatic rings. The van der Waals surface area contributed by atoms with Gasteiger partial charge in [0, 0.05) is 5.39 Å². The number of carbonyl (C=O) groups is 2. The monoisotopic (exact) mass is 333 g/mol.